The van der Waals surface area contributed by atoms with Crippen LogP contribution in [0, 0.1) is 0 Å². The van der Waals surface area contributed by atoms with E-state index in [2.05, 4.69) is 27.7 Å². The zero-order valence-corrected chi connectivity index (χ0v) is 15.9. The van der Waals surface area contributed by atoms with E-state index < -0.39 is 0 Å². The van der Waals surface area contributed by atoms with E-state index in [4.69, 9.17) is 0 Å². The van der Waals surface area contributed by atoms with Gasteiger partial charge in [-0.15, -0.1) is 0 Å². The van der Waals surface area contributed by atoms with Gasteiger partial charge in [0.05, 0.1) is 5.57 Å². The minimum absolute atomic E-state index is 0.351. The van der Waals surface area contributed by atoms with E-state index in [0.717, 1.165) is 12.2 Å². The van der Waals surface area contributed by atoms with E-state index in [1.807, 2.05) is 18.2 Å². The SMILES string of the molecule is O=C1NC(=O)c2ccccc2C1=CNc1ccc(CN2CCCCCC2)cc1. The highest BCUT2D eigenvalue weighted by atomic mass is 16.2. The fourth-order valence-electron chi connectivity index (χ4n) is 3.83. The molecule has 0 radical (unpaired) electrons. The Morgan fingerprint density at radius 3 is 2.25 bits per heavy atom. The van der Waals surface area contributed by atoms with Crippen LogP contribution in [-0.2, 0) is 11.3 Å². The second-order valence-corrected chi connectivity index (χ2v) is 7.42. The third-order valence-electron chi connectivity index (χ3n) is 5.38. The fraction of sp³-hybridized carbons (Fsp3) is 0.304. The zero-order valence-electron chi connectivity index (χ0n) is 15.9. The lowest BCUT2D eigenvalue weighted by molar-refractivity contribution is -0.114. The number of rotatable bonds is 4. The summed E-state index contributed by atoms with van der Waals surface area (Å²) in [6.45, 7) is 3.35. The smallest absolute Gasteiger partial charge is 0.260 e. The molecule has 2 heterocycles. The maximum atomic E-state index is 12.2. The van der Waals surface area contributed by atoms with Crippen LogP contribution >= 0.6 is 0 Å². The van der Waals surface area contributed by atoms with Gasteiger partial charge in [-0.2, -0.15) is 0 Å². The maximum Gasteiger partial charge on any atom is 0.260 e. The molecular weight excluding hydrogens is 350 g/mol. The van der Waals surface area contributed by atoms with Crippen molar-refractivity contribution < 1.29 is 9.59 Å². The molecule has 5 nitrogen and oxygen atoms in total. The lowest BCUT2D eigenvalue weighted by Gasteiger charge is -2.20. The molecule has 1 saturated heterocycles. The number of likely N-dealkylation sites (tertiary alicyclic amines) is 1. The van der Waals surface area contributed by atoms with Crippen molar-refractivity contribution in [2.75, 3.05) is 18.4 Å². The van der Waals surface area contributed by atoms with Gasteiger partial charge >= 0.3 is 0 Å². The molecule has 5 heteroatoms. The van der Waals surface area contributed by atoms with E-state index in [-0.39, 0.29) is 11.8 Å². The number of amides is 2. The highest BCUT2D eigenvalue weighted by Gasteiger charge is 2.26. The third kappa shape index (κ3) is 4.15. The van der Waals surface area contributed by atoms with Crippen molar-refractivity contribution in [3.8, 4) is 0 Å². The van der Waals surface area contributed by atoms with Gasteiger partial charge in [0, 0.05) is 29.6 Å². The van der Waals surface area contributed by atoms with Gasteiger partial charge in [0.15, 0.2) is 0 Å². The summed E-state index contributed by atoms with van der Waals surface area (Å²) in [6.07, 6.45) is 6.94. The minimum Gasteiger partial charge on any atom is -0.361 e. The van der Waals surface area contributed by atoms with Crippen molar-refractivity contribution in [2.24, 2.45) is 0 Å². The van der Waals surface area contributed by atoms with Crippen molar-refractivity contribution in [3.05, 3.63) is 71.4 Å². The number of nitrogens with zero attached hydrogens (tertiary/aromatic N) is 1. The molecule has 0 spiro atoms. The Morgan fingerprint density at radius 1 is 0.857 bits per heavy atom. The largest absolute Gasteiger partial charge is 0.361 e. The van der Waals surface area contributed by atoms with Gasteiger partial charge in [0.2, 0.25) is 0 Å². The second kappa shape index (κ2) is 8.40. The predicted octanol–water partition coefficient (Wildman–Crippen LogP) is 3.79. The monoisotopic (exact) mass is 375 g/mol. The summed E-state index contributed by atoms with van der Waals surface area (Å²) in [5.41, 5.74) is 3.84. The average molecular weight is 375 g/mol. The molecule has 2 aliphatic rings. The van der Waals surface area contributed by atoms with Crippen LogP contribution in [0.5, 0.6) is 0 Å². The summed E-state index contributed by atoms with van der Waals surface area (Å²) in [5.74, 6) is -0.732. The summed E-state index contributed by atoms with van der Waals surface area (Å²) in [5, 5.41) is 5.58. The molecule has 0 saturated carbocycles. The first-order valence-electron chi connectivity index (χ1n) is 9.94. The number of carbonyl (C=O) groups excluding carboxylic acids is 2. The van der Waals surface area contributed by atoms with Crippen LogP contribution in [0.15, 0.2) is 54.7 Å². The van der Waals surface area contributed by atoms with Crippen LogP contribution in [0.4, 0.5) is 5.69 Å². The molecule has 0 aliphatic carbocycles. The van der Waals surface area contributed by atoms with Gasteiger partial charge in [-0.3, -0.25) is 19.8 Å². The molecule has 2 aromatic carbocycles. The number of nitrogens with one attached hydrogen (secondary N) is 2. The highest BCUT2D eigenvalue weighted by Crippen LogP contribution is 2.24. The maximum absolute atomic E-state index is 12.2. The van der Waals surface area contributed by atoms with Gasteiger partial charge in [0.1, 0.15) is 0 Å². The predicted molar refractivity (Wildman–Crippen MR) is 111 cm³/mol. The van der Waals surface area contributed by atoms with Crippen LogP contribution in [-0.4, -0.2) is 29.8 Å². The van der Waals surface area contributed by atoms with Crippen molar-refractivity contribution in [1.29, 1.82) is 0 Å². The number of hydrogen-bond donors (Lipinski definition) is 2. The molecule has 0 unspecified atom stereocenters. The number of fused-ring (bicyclic) bond motifs is 1. The van der Waals surface area contributed by atoms with Crippen LogP contribution in [0.1, 0.15) is 47.2 Å². The standard InChI is InChI=1S/C23H25N3O2/c27-22-20-8-4-3-7-19(20)21(23(28)25-22)15-24-18-11-9-17(10-12-18)16-26-13-5-1-2-6-14-26/h3-4,7-12,15,24H,1-2,5-6,13-14,16H2,(H,25,27,28). The first kappa shape index (κ1) is 18.4. The highest BCUT2D eigenvalue weighted by molar-refractivity contribution is 6.31. The Labute approximate surface area is 165 Å². The minimum atomic E-state index is -0.381. The molecule has 0 atom stereocenters. The van der Waals surface area contributed by atoms with Gasteiger partial charge < -0.3 is 5.32 Å². The molecular formula is C23H25N3O2. The lowest BCUT2D eigenvalue weighted by Crippen LogP contribution is -2.36. The van der Waals surface area contributed by atoms with Crippen LogP contribution in [0.3, 0.4) is 0 Å². The van der Waals surface area contributed by atoms with E-state index in [9.17, 15) is 9.59 Å². The summed E-state index contributed by atoms with van der Waals surface area (Å²) < 4.78 is 0. The summed E-state index contributed by atoms with van der Waals surface area (Å²) in [7, 11) is 0. The Hall–Kier alpha value is -2.92. The number of carbonyl (C=O) groups is 2. The molecule has 2 aliphatic heterocycles. The number of benzene rings is 2. The summed E-state index contributed by atoms with van der Waals surface area (Å²) in [4.78, 5) is 26.7. The molecule has 0 bridgehead atoms. The van der Waals surface area contributed by atoms with Gasteiger partial charge in [-0.25, -0.2) is 0 Å². The lowest BCUT2D eigenvalue weighted by atomic mass is 9.96. The van der Waals surface area contributed by atoms with E-state index in [1.54, 1.807) is 24.4 Å². The first-order valence-corrected chi connectivity index (χ1v) is 9.94. The number of anilines is 1. The fourth-order valence-corrected chi connectivity index (χ4v) is 3.83. The second-order valence-electron chi connectivity index (χ2n) is 7.42. The quantitative estimate of drug-likeness (QED) is 0.631. The number of hydrogen-bond acceptors (Lipinski definition) is 4. The van der Waals surface area contributed by atoms with Crippen molar-refractivity contribution in [1.82, 2.24) is 10.2 Å². The molecule has 28 heavy (non-hydrogen) atoms. The van der Waals surface area contributed by atoms with Crippen molar-refractivity contribution in [3.63, 3.8) is 0 Å². The van der Waals surface area contributed by atoms with Crippen molar-refractivity contribution >= 4 is 23.1 Å². The van der Waals surface area contributed by atoms with Gasteiger partial charge in [-0.1, -0.05) is 43.2 Å². The van der Waals surface area contributed by atoms with Crippen LogP contribution in [0.25, 0.3) is 5.57 Å². The van der Waals surface area contributed by atoms with Crippen LogP contribution in [0.2, 0.25) is 0 Å². The molecule has 2 N–H and O–H groups in total. The molecule has 1 fully saturated rings. The van der Waals surface area contributed by atoms with Gasteiger partial charge in [0.25, 0.3) is 11.8 Å². The molecule has 144 valence electrons. The normalized spacial score (nSPS) is 19.1. The zero-order chi connectivity index (χ0) is 19.3. The number of imide groups is 1. The topological polar surface area (TPSA) is 61.4 Å². The Bertz CT molecular complexity index is 894. The molecule has 4 rings (SSSR count). The Morgan fingerprint density at radius 2 is 1.54 bits per heavy atom. The Balaban J connectivity index is 1.45. The van der Waals surface area contributed by atoms with Crippen molar-refractivity contribution in [2.45, 2.75) is 32.2 Å². The van der Waals surface area contributed by atoms with E-state index in [0.29, 0.717) is 16.7 Å². The van der Waals surface area contributed by atoms with Crippen LogP contribution < -0.4 is 10.6 Å². The average Bonchev–Trinajstić information content (AvgIpc) is 2.98. The van der Waals surface area contributed by atoms with Gasteiger partial charge in [-0.05, 0) is 49.7 Å². The molecule has 0 aromatic heterocycles. The third-order valence-corrected chi connectivity index (χ3v) is 5.38. The van der Waals surface area contributed by atoms with E-state index >= 15 is 0 Å². The Kier molecular flexibility index (Phi) is 5.53. The van der Waals surface area contributed by atoms with E-state index in [1.165, 1.54) is 44.3 Å². The molecule has 2 aromatic rings. The summed E-state index contributed by atoms with van der Waals surface area (Å²) in [6, 6.07) is 15.5. The summed E-state index contributed by atoms with van der Waals surface area (Å²) >= 11 is 0. The first-order chi connectivity index (χ1) is 13.7. The molecule has 2 amide bonds.